The van der Waals surface area contributed by atoms with Crippen molar-refractivity contribution in [3.05, 3.63) is 24.7 Å². The minimum Gasteiger partial charge on any atom is -0.480 e. The van der Waals surface area contributed by atoms with E-state index < -0.39 is 56.4 Å². The summed E-state index contributed by atoms with van der Waals surface area (Å²) in [5.41, 5.74) is -0.692. The van der Waals surface area contributed by atoms with Gasteiger partial charge in [0.1, 0.15) is 23.9 Å². The van der Waals surface area contributed by atoms with Gasteiger partial charge >= 0.3 is 0 Å². The minimum absolute atomic E-state index is 0.0151. The zero-order chi connectivity index (χ0) is 26.6. The summed E-state index contributed by atoms with van der Waals surface area (Å²) in [4.78, 5) is 23.6. The number of rotatable bonds is 5. The van der Waals surface area contributed by atoms with E-state index in [1.165, 1.54) is 12.1 Å². The predicted molar refractivity (Wildman–Crippen MR) is 96.5 cm³/mol. The number of carbonyl (C=O) groups excluding carboxylic acids is 1. The van der Waals surface area contributed by atoms with Crippen LogP contribution in [0.3, 0.4) is 0 Å². The molecule has 1 saturated carbocycles. The molecule has 0 aromatic carbocycles. The first-order valence-electron chi connectivity index (χ1n) is 12.2. The number of anilines is 1. The molecule has 8 nitrogen and oxygen atoms in total. The van der Waals surface area contributed by atoms with Gasteiger partial charge in [0, 0.05) is 16.5 Å². The SMILES string of the molecule is [2H]C([2H])([2H])Oc1ncnc(OC([2H])([2H])[2H])c1-c1cc2cc(NC(=O)C3CC3F)ncc2n1C([2H])([2H])[2H]. The lowest BCUT2D eigenvalue weighted by Gasteiger charge is -2.11. The second-order valence-electron chi connectivity index (χ2n) is 5.90. The number of hydrogen-bond donors (Lipinski definition) is 1. The fraction of sp³-hybridized carbons (Fsp3) is 0.333. The number of nitrogens with zero attached hydrogens (tertiary/aromatic N) is 4. The summed E-state index contributed by atoms with van der Waals surface area (Å²) in [6.45, 7) is -2.89. The normalized spacial score (nSPS) is 24.7. The van der Waals surface area contributed by atoms with Crippen LogP contribution in [0.5, 0.6) is 11.8 Å². The first-order valence-corrected chi connectivity index (χ1v) is 7.74. The number of carbonyl (C=O) groups is 1. The summed E-state index contributed by atoms with van der Waals surface area (Å²) >= 11 is 0. The molecular formula is C18H18FN5O3. The smallest absolute Gasteiger partial charge is 0.231 e. The fourth-order valence-corrected chi connectivity index (χ4v) is 2.74. The quantitative estimate of drug-likeness (QED) is 0.731. The Labute approximate surface area is 167 Å². The minimum atomic E-state index is -3.03. The number of methoxy groups -OCH3 is 2. The van der Waals surface area contributed by atoms with Crippen LogP contribution in [0.1, 0.15) is 18.8 Å². The topological polar surface area (TPSA) is 91.2 Å². The van der Waals surface area contributed by atoms with Crippen molar-refractivity contribution in [2.45, 2.75) is 12.6 Å². The zero-order valence-electron chi connectivity index (χ0n) is 22.6. The Morgan fingerprint density at radius 3 is 2.67 bits per heavy atom. The molecule has 1 fully saturated rings. The second-order valence-corrected chi connectivity index (χ2v) is 5.90. The highest BCUT2D eigenvalue weighted by Gasteiger charge is 2.43. The molecule has 2 atom stereocenters. The molecule has 0 spiro atoms. The van der Waals surface area contributed by atoms with Gasteiger partial charge < -0.3 is 19.4 Å². The van der Waals surface area contributed by atoms with Crippen molar-refractivity contribution in [2.24, 2.45) is 12.9 Å². The van der Waals surface area contributed by atoms with Crippen molar-refractivity contribution < 1.29 is 31.0 Å². The Balaban J connectivity index is 1.91. The number of aryl methyl sites for hydroxylation is 1. The van der Waals surface area contributed by atoms with Gasteiger partial charge in [-0.2, -0.15) is 0 Å². The molecule has 3 aromatic rings. The van der Waals surface area contributed by atoms with Crippen molar-refractivity contribution in [3.63, 3.8) is 0 Å². The molecule has 1 aliphatic carbocycles. The molecule has 4 rings (SSSR count). The second kappa shape index (κ2) is 6.49. The third-order valence-electron chi connectivity index (χ3n) is 4.22. The van der Waals surface area contributed by atoms with Crippen LogP contribution in [0.4, 0.5) is 10.2 Å². The first kappa shape index (κ1) is 9.63. The number of alkyl halides is 1. The molecule has 1 amide bonds. The highest BCUT2D eigenvalue weighted by Crippen LogP contribution is 2.38. The van der Waals surface area contributed by atoms with Gasteiger partial charge in [-0.25, -0.2) is 19.3 Å². The van der Waals surface area contributed by atoms with E-state index in [2.05, 4.69) is 20.3 Å². The van der Waals surface area contributed by atoms with E-state index in [9.17, 15) is 9.18 Å². The Bertz CT molecular complexity index is 1290. The molecule has 1 aliphatic rings. The van der Waals surface area contributed by atoms with Gasteiger partial charge in [-0.1, -0.05) is 0 Å². The lowest BCUT2D eigenvalue weighted by atomic mass is 10.2. The van der Waals surface area contributed by atoms with Crippen LogP contribution in [0, 0.1) is 5.92 Å². The van der Waals surface area contributed by atoms with Crippen molar-refractivity contribution in [2.75, 3.05) is 19.4 Å². The van der Waals surface area contributed by atoms with Crippen LogP contribution in [0.2, 0.25) is 0 Å². The van der Waals surface area contributed by atoms with Crippen LogP contribution in [-0.2, 0) is 11.8 Å². The predicted octanol–water partition coefficient (Wildman–Crippen LogP) is 2.34. The van der Waals surface area contributed by atoms with Gasteiger partial charge in [-0.05, 0) is 18.6 Å². The number of hydrogen-bond acceptors (Lipinski definition) is 6. The molecule has 0 bridgehead atoms. The number of amides is 1. The van der Waals surface area contributed by atoms with E-state index in [4.69, 9.17) is 21.8 Å². The summed E-state index contributed by atoms with van der Waals surface area (Å²) in [6.07, 6.45) is 0.807. The van der Waals surface area contributed by atoms with Gasteiger partial charge in [0.05, 0.1) is 45.6 Å². The molecule has 140 valence electrons. The molecule has 0 radical (unpaired) electrons. The third kappa shape index (κ3) is 2.94. The van der Waals surface area contributed by atoms with Crippen molar-refractivity contribution in [1.29, 1.82) is 0 Å². The zero-order valence-corrected chi connectivity index (χ0v) is 13.6. The van der Waals surface area contributed by atoms with E-state index in [1.54, 1.807) is 0 Å². The summed E-state index contributed by atoms with van der Waals surface area (Å²) in [5.74, 6) is -2.65. The van der Waals surface area contributed by atoms with Crippen LogP contribution in [-0.4, -0.2) is 45.7 Å². The van der Waals surface area contributed by atoms with Gasteiger partial charge in [0.25, 0.3) is 0 Å². The van der Waals surface area contributed by atoms with Crippen LogP contribution < -0.4 is 14.8 Å². The van der Waals surface area contributed by atoms with Crippen molar-refractivity contribution in [3.8, 4) is 23.0 Å². The van der Waals surface area contributed by atoms with Gasteiger partial charge in [-0.15, -0.1) is 0 Å². The van der Waals surface area contributed by atoms with E-state index in [0.717, 1.165) is 17.1 Å². The first-order chi connectivity index (χ1) is 16.5. The Hall–Kier alpha value is -3.23. The van der Waals surface area contributed by atoms with E-state index in [0.29, 0.717) is 0 Å². The Kier molecular flexibility index (Phi) is 2.32. The van der Waals surface area contributed by atoms with Crippen molar-refractivity contribution in [1.82, 2.24) is 19.5 Å². The van der Waals surface area contributed by atoms with Crippen LogP contribution in [0.15, 0.2) is 24.7 Å². The largest absolute Gasteiger partial charge is 0.480 e. The maximum absolute atomic E-state index is 13.2. The molecule has 2 unspecified atom stereocenters. The summed E-state index contributed by atoms with van der Waals surface area (Å²) in [7, 11) is -6.07. The van der Waals surface area contributed by atoms with Crippen molar-refractivity contribution >= 4 is 22.6 Å². The molecule has 27 heavy (non-hydrogen) atoms. The number of nitrogens with one attached hydrogen (secondary N) is 1. The number of pyridine rings is 1. The van der Waals surface area contributed by atoms with E-state index in [1.807, 2.05) is 0 Å². The summed E-state index contributed by atoms with van der Waals surface area (Å²) < 4.78 is 92.4. The molecule has 0 aliphatic heterocycles. The highest BCUT2D eigenvalue weighted by molar-refractivity contribution is 5.96. The molecule has 3 aromatic heterocycles. The van der Waals surface area contributed by atoms with Crippen LogP contribution >= 0.6 is 0 Å². The molecular weight excluding hydrogens is 353 g/mol. The summed E-state index contributed by atoms with van der Waals surface area (Å²) in [6, 6.07) is 2.60. The number of aromatic nitrogens is 4. The number of fused-ring (bicyclic) bond motifs is 1. The van der Waals surface area contributed by atoms with Gasteiger partial charge in [-0.3, -0.25) is 4.79 Å². The molecule has 9 heteroatoms. The Morgan fingerprint density at radius 2 is 2.04 bits per heavy atom. The van der Waals surface area contributed by atoms with Crippen LogP contribution in [0.25, 0.3) is 22.2 Å². The lowest BCUT2D eigenvalue weighted by Crippen LogP contribution is -2.15. The monoisotopic (exact) mass is 380 g/mol. The molecule has 0 saturated heterocycles. The Morgan fingerprint density at radius 1 is 1.30 bits per heavy atom. The van der Waals surface area contributed by atoms with E-state index >= 15 is 0 Å². The molecule has 3 heterocycles. The highest BCUT2D eigenvalue weighted by atomic mass is 19.1. The fourth-order valence-electron chi connectivity index (χ4n) is 2.74. The maximum atomic E-state index is 13.2. The summed E-state index contributed by atoms with van der Waals surface area (Å²) in [5, 5.41) is 2.67. The average Bonchev–Trinajstić information content (AvgIpc) is 3.30. The van der Waals surface area contributed by atoms with Gasteiger partial charge in [0.2, 0.25) is 17.7 Å². The maximum Gasteiger partial charge on any atom is 0.231 e. The van der Waals surface area contributed by atoms with E-state index in [-0.39, 0.29) is 28.8 Å². The van der Waals surface area contributed by atoms with Gasteiger partial charge in [0.15, 0.2) is 0 Å². The lowest BCUT2D eigenvalue weighted by molar-refractivity contribution is -0.117. The standard InChI is InChI=1S/C18H18FN5O3/c1-24-12(15-17(26-2)21-8-22-18(15)27-3)4-9-5-14(20-7-13(9)24)23-16(25)10-6-11(10)19/h4-5,7-8,10-11H,6H2,1-3H3,(H,20,23,25)/i1D3,2D3,3D3. The number of halogens is 1. The number of ether oxygens (including phenoxy) is 2. The molecule has 1 N–H and O–H groups in total. The average molecular weight is 380 g/mol. The third-order valence-corrected chi connectivity index (χ3v) is 4.22.